The van der Waals surface area contributed by atoms with Gasteiger partial charge in [-0.15, -0.1) is 10.2 Å². The standard InChI is InChI=1S/C8H7N5/c1-2-7-8(10-4-9-7)5-3-11-13-12-6(1)5/h1-3,9-10H,4H2. The fraction of sp³-hybridized carbons (Fsp3) is 0.125. The Labute approximate surface area is 74.2 Å². The highest BCUT2D eigenvalue weighted by molar-refractivity contribution is 5.99. The summed E-state index contributed by atoms with van der Waals surface area (Å²) in [5.74, 6) is 0. The van der Waals surface area contributed by atoms with E-state index in [1.54, 1.807) is 6.20 Å². The van der Waals surface area contributed by atoms with Gasteiger partial charge >= 0.3 is 0 Å². The smallest absolute Gasteiger partial charge is 0.0985 e. The second kappa shape index (κ2) is 2.29. The molecule has 64 valence electrons. The molecule has 1 aliphatic rings. The maximum absolute atomic E-state index is 3.93. The zero-order valence-corrected chi connectivity index (χ0v) is 6.78. The Balaban J connectivity index is 2.43. The van der Waals surface area contributed by atoms with Crippen LogP contribution in [0.15, 0.2) is 18.3 Å². The Morgan fingerprint density at radius 1 is 1.23 bits per heavy atom. The van der Waals surface area contributed by atoms with Crippen molar-refractivity contribution >= 4 is 22.3 Å². The lowest BCUT2D eigenvalue weighted by atomic mass is 10.2. The molecule has 0 fully saturated rings. The summed E-state index contributed by atoms with van der Waals surface area (Å²) in [4.78, 5) is 0. The number of anilines is 2. The van der Waals surface area contributed by atoms with Gasteiger partial charge in [0.1, 0.15) is 0 Å². The third-order valence-electron chi connectivity index (χ3n) is 2.16. The Hall–Kier alpha value is -1.91. The number of nitrogens with zero attached hydrogens (tertiary/aromatic N) is 3. The molecule has 13 heavy (non-hydrogen) atoms. The van der Waals surface area contributed by atoms with E-state index in [0.29, 0.717) is 0 Å². The average molecular weight is 173 g/mol. The zero-order valence-electron chi connectivity index (χ0n) is 6.78. The molecule has 3 rings (SSSR count). The fourth-order valence-electron chi connectivity index (χ4n) is 1.55. The van der Waals surface area contributed by atoms with E-state index in [1.807, 2.05) is 12.1 Å². The molecule has 0 spiro atoms. The van der Waals surface area contributed by atoms with Gasteiger partial charge in [-0.1, -0.05) is 0 Å². The Morgan fingerprint density at radius 2 is 2.23 bits per heavy atom. The largest absolute Gasteiger partial charge is 0.366 e. The number of nitrogens with one attached hydrogen (secondary N) is 2. The molecule has 1 aromatic heterocycles. The summed E-state index contributed by atoms with van der Waals surface area (Å²) in [7, 11) is 0. The number of aromatic nitrogens is 3. The van der Waals surface area contributed by atoms with E-state index in [4.69, 9.17) is 0 Å². The molecule has 1 aliphatic heterocycles. The maximum atomic E-state index is 3.93. The van der Waals surface area contributed by atoms with Gasteiger partial charge in [-0.3, -0.25) is 0 Å². The van der Waals surface area contributed by atoms with Crippen LogP contribution in [-0.4, -0.2) is 22.1 Å². The molecule has 2 aromatic rings. The van der Waals surface area contributed by atoms with Crippen molar-refractivity contribution in [3.63, 3.8) is 0 Å². The van der Waals surface area contributed by atoms with Gasteiger partial charge in [-0.05, 0) is 17.3 Å². The lowest BCUT2D eigenvalue weighted by Crippen LogP contribution is -1.99. The van der Waals surface area contributed by atoms with E-state index >= 15 is 0 Å². The van der Waals surface area contributed by atoms with Gasteiger partial charge in [0.25, 0.3) is 0 Å². The van der Waals surface area contributed by atoms with Crippen LogP contribution in [0, 0.1) is 0 Å². The molecule has 2 N–H and O–H groups in total. The van der Waals surface area contributed by atoms with Crippen molar-refractivity contribution in [3.05, 3.63) is 18.3 Å². The van der Waals surface area contributed by atoms with Gasteiger partial charge in [0.2, 0.25) is 0 Å². The van der Waals surface area contributed by atoms with Gasteiger partial charge in [0.15, 0.2) is 0 Å². The highest BCUT2D eigenvalue weighted by Crippen LogP contribution is 2.32. The second-order valence-electron chi connectivity index (χ2n) is 2.89. The summed E-state index contributed by atoms with van der Waals surface area (Å²) in [5.41, 5.74) is 3.03. The van der Waals surface area contributed by atoms with Crippen LogP contribution in [0.3, 0.4) is 0 Å². The lowest BCUT2D eigenvalue weighted by molar-refractivity contribution is 0.896. The number of benzene rings is 1. The topological polar surface area (TPSA) is 62.7 Å². The normalized spacial score (nSPS) is 13.5. The van der Waals surface area contributed by atoms with Crippen LogP contribution in [0.2, 0.25) is 0 Å². The third-order valence-corrected chi connectivity index (χ3v) is 2.16. The van der Waals surface area contributed by atoms with E-state index in [0.717, 1.165) is 28.9 Å². The first-order valence-electron chi connectivity index (χ1n) is 4.04. The number of hydrogen-bond acceptors (Lipinski definition) is 5. The van der Waals surface area contributed by atoms with Crippen molar-refractivity contribution in [3.8, 4) is 0 Å². The Morgan fingerprint density at radius 3 is 3.23 bits per heavy atom. The monoisotopic (exact) mass is 173 g/mol. The van der Waals surface area contributed by atoms with Crippen LogP contribution < -0.4 is 10.6 Å². The summed E-state index contributed by atoms with van der Waals surface area (Å²) in [6.45, 7) is 0.761. The quantitative estimate of drug-likeness (QED) is 0.617. The minimum atomic E-state index is 0.761. The summed E-state index contributed by atoms with van der Waals surface area (Å²) < 4.78 is 0. The first-order valence-corrected chi connectivity index (χ1v) is 4.04. The minimum Gasteiger partial charge on any atom is -0.366 e. The van der Waals surface area contributed by atoms with Crippen molar-refractivity contribution in [1.82, 2.24) is 15.4 Å². The fourth-order valence-corrected chi connectivity index (χ4v) is 1.55. The van der Waals surface area contributed by atoms with Crippen LogP contribution in [0.1, 0.15) is 0 Å². The molecule has 0 unspecified atom stereocenters. The molecule has 0 bridgehead atoms. The van der Waals surface area contributed by atoms with E-state index in [2.05, 4.69) is 26.0 Å². The maximum Gasteiger partial charge on any atom is 0.0985 e. The average Bonchev–Trinajstić information content (AvgIpc) is 2.65. The van der Waals surface area contributed by atoms with Crippen molar-refractivity contribution in [1.29, 1.82) is 0 Å². The van der Waals surface area contributed by atoms with Crippen LogP contribution in [-0.2, 0) is 0 Å². The minimum absolute atomic E-state index is 0.761. The zero-order chi connectivity index (χ0) is 8.67. The van der Waals surface area contributed by atoms with Crippen molar-refractivity contribution in [2.45, 2.75) is 0 Å². The van der Waals surface area contributed by atoms with E-state index in [9.17, 15) is 0 Å². The first-order chi connectivity index (χ1) is 6.45. The highest BCUT2D eigenvalue weighted by Gasteiger charge is 2.12. The van der Waals surface area contributed by atoms with Crippen molar-refractivity contribution in [2.24, 2.45) is 0 Å². The van der Waals surface area contributed by atoms with E-state index < -0.39 is 0 Å². The Kier molecular flexibility index (Phi) is 1.16. The summed E-state index contributed by atoms with van der Waals surface area (Å²) in [5, 5.41) is 18.7. The predicted octanol–water partition coefficient (Wildman–Crippen LogP) is 0.820. The molecule has 0 amide bonds. The molecule has 0 saturated heterocycles. The SMILES string of the molecule is c1cc2nnncc2c2c1NCN2. The predicted molar refractivity (Wildman–Crippen MR) is 49.4 cm³/mol. The Bertz CT molecular complexity index is 467. The number of rotatable bonds is 0. The molecule has 0 aliphatic carbocycles. The summed E-state index contributed by atoms with van der Waals surface area (Å²) >= 11 is 0. The van der Waals surface area contributed by atoms with E-state index in [1.165, 1.54) is 0 Å². The van der Waals surface area contributed by atoms with Gasteiger partial charge in [-0.25, -0.2) is 0 Å². The van der Waals surface area contributed by atoms with Crippen molar-refractivity contribution < 1.29 is 0 Å². The summed E-state index contributed by atoms with van der Waals surface area (Å²) in [6.07, 6.45) is 1.72. The van der Waals surface area contributed by atoms with Crippen LogP contribution in [0.5, 0.6) is 0 Å². The molecular weight excluding hydrogens is 166 g/mol. The number of fused-ring (bicyclic) bond motifs is 3. The number of hydrogen-bond donors (Lipinski definition) is 2. The molecule has 2 heterocycles. The molecule has 1 aromatic carbocycles. The molecule has 5 heteroatoms. The van der Waals surface area contributed by atoms with Crippen molar-refractivity contribution in [2.75, 3.05) is 17.3 Å². The first kappa shape index (κ1) is 6.59. The van der Waals surface area contributed by atoms with Gasteiger partial charge in [-0.2, -0.15) is 0 Å². The second-order valence-corrected chi connectivity index (χ2v) is 2.89. The van der Waals surface area contributed by atoms with Crippen LogP contribution in [0.25, 0.3) is 10.9 Å². The van der Waals surface area contributed by atoms with Crippen LogP contribution in [0.4, 0.5) is 11.4 Å². The van der Waals surface area contributed by atoms with E-state index in [-0.39, 0.29) is 0 Å². The van der Waals surface area contributed by atoms with Crippen LogP contribution >= 0.6 is 0 Å². The highest BCUT2D eigenvalue weighted by atomic mass is 15.3. The molecule has 5 nitrogen and oxygen atoms in total. The van der Waals surface area contributed by atoms with Gasteiger partial charge in [0, 0.05) is 5.39 Å². The molecule has 0 radical (unpaired) electrons. The summed E-state index contributed by atoms with van der Waals surface area (Å²) in [6, 6.07) is 3.93. The lowest BCUT2D eigenvalue weighted by Gasteiger charge is -2.01. The molecular formula is C8H7N5. The van der Waals surface area contributed by atoms with Gasteiger partial charge < -0.3 is 10.6 Å². The van der Waals surface area contributed by atoms with Gasteiger partial charge in [0.05, 0.1) is 29.8 Å². The molecule has 0 saturated carbocycles. The third kappa shape index (κ3) is 0.837. The molecule has 0 atom stereocenters.